The van der Waals surface area contributed by atoms with Gasteiger partial charge in [0, 0.05) is 39.1 Å². The first kappa shape index (κ1) is 67.4. The van der Waals surface area contributed by atoms with Crippen LogP contribution in [0.25, 0.3) is 67.4 Å². The summed E-state index contributed by atoms with van der Waals surface area (Å²) in [6.07, 6.45) is 36.6. The predicted octanol–water partition coefficient (Wildman–Crippen LogP) is 20.8. The van der Waals surface area contributed by atoms with Crippen LogP contribution in [0.5, 0.6) is 23.0 Å². The molecule has 9 heteroatoms. The number of methoxy groups -OCH3 is 4. The van der Waals surface area contributed by atoms with E-state index in [4.69, 9.17) is 36.0 Å². The van der Waals surface area contributed by atoms with Crippen LogP contribution in [0.3, 0.4) is 0 Å². The molecule has 0 aliphatic heterocycles. The van der Waals surface area contributed by atoms with Gasteiger partial charge in [-0.2, -0.15) is 68.8 Å². The van der Waals surface area contributed by atoms with Crippen molar-refractivity contribution < 1.29 is 39.8 Å². The third-order valence-corrected chi connectivity index (χ3v) is 26.4. The van der Waals surface area contributed by atoms with Gasteiger partial charge in [-0.15, -0.1) is 91.6 Å². The zero-order valence-corrected chi connectivity index (χ0v) is 63.6. The first-order chi connectivity index (χ1) is 48.4. The second-order valence-electron chi connectivity index (χ2n) is 26.1. The summed E-state index contributed by atoms with van der Waals surface area (Å²) in [5.41, 5.74) is 21.7. The van der Waals surface area contributed by atoms with Crippen LogP contribution in [0.1, 0.15) is 113 Å². The topological polar surface area (TPSA) is 36.9 Å². The molecule has 2 radical (unpaired) electrons. The third-order valence-electron chi connectivity index (χ3n) is 20.8. The Morgan fingerprint density at radius 1 is 0.303 bits per heavy atom. The van der Waals surface area contributed by atoms with Gasteiger partial charge in [0.1, 0.15) is 23.0 Å². The molecule has 12 aromatic rings. The Kier molecular flexibility index (Phi) is 19.9. The number of hydrogen-bond donors (Lipinski definition) is 0. The molecule has 4 atom stereocenters. The number of hydrogen-bond acceptors (Lipinski definition) is 4. The number of halogens is 2. The monoisotopic (exact) mass is 1440 g/mol. The molecule has 99 heavy (non-hydrogen) atoms. The zero-order valence-electron chi connectivity index (χ0n) is 57.6. The molecule has 4 aliphatic carbocycles. The summed E-state index contributed by atoms with van der Waals surface area (Å²) in [5, 5.41) is 15.6. The van der Waals surface area contributed by atoms with Gasteiger partial charge in [-0.25, -0.2) is 0 Å². The predicted molar refractivity (Wildman–Crippen MR) is 423 cm³/mol. The third kappa shape index (κ3) is 12.3. The fraction of sp³-hybridized carbons (Fsp3) is 0.156. The molecule has 0 bridgehead atoms. The average molecular weight is 1440 g/mol. The van der Waals surface area contributed by atoms with E-state index < -0.39 is 38.4 Å². The fourth-order valence-electron chi connectivity index (χ4n) is 16.8. The summed E-state index contributed by atoms with van der Waals surface area (Å²) >= 11 is -0.826. The first-order valence-electron chi connectivity index (χ1n) is 33.9. The van der Waals surface area contributed by atoms with Crippen LogP contribution in [-0.2, 0) is 20.8 Å². The van der Waals surface area contributed by atoms with Crippen molar-refractivity contribution in [2.45, 2.75) is 64.5 Å². The van der Waals surface area contributed by atoms with Crippen molar-refractivity contribution in [2.24, 2.45) is 0 Å². The molecular weight excluding hydrogens is 1360 g/mol. The van der Waals surface area contributed by atoms with Crippen molar-refractivity contribution in [1.29, 1.82) is 0 Å². The van der Waals surface area contributed by atoms with Crippen molar-refractivity contribution >= 4 is 123 Å². The SMILES string of the molecule is COc1cccc2cccc(C3C=CC=Cc4c3cc(C)[c-]4[Si](C)[c-]3c(C)cc4c3C=CC=CC4c3cccc4cccc(OC)c34)c12.COc1cccc2cccc(C3C=CC=Cc4c3cc(C)[c-]4[Si](C)[c-]3c(C)cc4c3C=CC=CC4c3cccc4cccc(OC)c34)c12.[Cl][Zr][Cl]. The summed E-state index contributed by atoms with van der Waals surface area (Å²) in [4.78, 5) is 0. The van der Waals surface area contributed by atoms with E-state index in [1.807, 2.05) is 0 Å². The zero-order chi connectivity index (χ0) is 68.6. The quantitative estimate of drug-likeness (QED) is 0.0902. The van der Waals surface area contributed by atoms with Crippen molar-refractivity contribution in [3.8, 4) is 23.0 Å². The van der Waals surface area contributed by atoms with Gasteiger partial charge in [0.15, 0.2) is 0 Å². The number of rotatable bonds is 12. The van der Waals surface area contributed by atoms with Crippen LogP contribution in [0.4, 0.5) is 0 Å². The molecule has 0 fully saturated rings. The summed E-state index contributed by atoms with van der Waals surface area (Å²) < 4.78 is 23.6. The molecule has 4 unspecified atom stereocenters. The van der Waals surface area contributed by atoms with E-state index in [9.17, 15) is 0 Å². The van der Waals surface area contributed by atoms with Gasteiger partial charge in [0.2, 0.25) is 0 Å². The Labute approximate surface area is 605 Å². The minimum absolute atomic E-state index is 0.130. The van der Waals surface area contributed by atoms with E-state index in [0.29, 0.717) is 0 Å². The average Bonchev–Trinajstić information content (AvgIpc) is 1.62. The van der Waals surface area contributed by atoms with Crippen molar-refractivity contribution in [2.75, 3.05) is 28.4 Å². The van der Waals surface area contributed by atoms with Crippen LogP contribution < -0.4 is 39.7 Å². The van der Waals surface area contributed by atoms with Gasteiger partial charge in [0.25, 0.3) is 0 Å². The molecule has 12 aromatic carbocycles. The van der Waals surface area contributed by atoms with Crippen LogP contribution >= 0.6 is 17.0 Å². The maximum atomic E-state index is 5.89. The Morgan fingerprint density at radius 2 is 0.505 bits per heavy atom. The summed E-state index contributed by atoms with van der Waals surface area (Å²) in [7, 11) is 14.6. The fourth-order valence-corrected chi connectivity index (χ4v) is 22.5. The molecule has 0 saturated heterocycles. The molecular formula is C90H78Cl2O4Si2Zr-4. The maximum absolute atomic E-state index is 5.89. The molecule has 4 nitrogen and oxygen atoms in total. The molecule has 492 valence electrons. The normalized spacial score (nSPS) is 16.3. The second-order valence-corrected chi connectivity index (χ2v) is 34.3. The Balaban J connectivity index is 0.000000163. The number of aryl methyl sites for hydroxylation is 4. The van der Waals surface area contributed by atoms with Gasteiger partial charge < -0.3 is 18.9 Å². The standard InChI is InChI=1S/2C45H39O2Si.2ClH.Zr/c2*1-28-26-38-32(34-22-10-14-30-16-12-24-40(46-3)42(30)34)18-6-8-20-36(38)44(28)48(5)45-29(2)27-39-33(19-7-9-21-37(39)45)35-23-11-15-31-17-13-25-41(47-4)43(31)35;;;/h2*6-27,32-33H,1-5H3;2*1H;/q2*-2;;;+2/p-2. The molecule has 0 saturated carbocycles. The van der Waals surface area contributed by atoms with Crippen LogP contribution in [-0.4, -0.2) is 46.0 Å². The summed E-state index contributed by atoms with van der Waals surface area (Å²) in [6, 6.07) is 61.7. The van der Waals surface area contributed by atoms with E-state index in [2.05, 4.69) is 308 Å². The summed E-state index contributed by atoms with van der Waals surface area (Å²) in [5.74, 6) is 4.21. The molecule has 16 rings (SSSR count). The number of benzene rings is 8. The van der Waals surface area contributed by atoms with Crippen LogP contribution in [0.2, 0.25) is 13.1 Å². The van der Waals surface area contributed by atoms with E-state index in [0.717, 1.165) is 23.0 Å². The Hall–Kier alpha value is -8.78. The van der Waals surface area contributed by atoms with Crippen molar-refractivity contribution in [3.63, 3.8) is 0 Å². The van der Waals surface area contributed by atoms with Crippen molar-refractivity contribution in [3.05, 3.63) is 332 Å². The molecule has 0 heterocycles. The van der Waals surface area contributed by atoms with Gasteiger partial charge >= 0.3 is 37.9 Å². The van der Waals surface area contributed by atoms with E-state index >= 15 is 0 Å². The van der Waals surface area contributed by atoms with E-state index in [1.165, 1.54) is 153 Å². The molecule has 0 aromatic heterocycles. The van der Waals surface area contributed by atoms with Gasteiger partial charge in [0.05, 0.1) is 28.4 Å². The molecule has 4 aliphatic rings. The number of allylic oxidation sites excluding steroid dienone is 12. The Bertz CT molecular complexity index is 4660. The minimum atomic E-state index is -1.16. The molecule has 0 spiro atoms. The first-order valence-corrected chi connectivity index (χ1v) is 44.2. The van der Waals surface area contributed by atoms with Crippen molar-refractivity contribution in [1.82, 2.24) is 0 Å². The number of fused-ring (bicyclic) bond motifs is 8. The van der Waals surface area contributed by atoms with Gasteiger partial charge in [-0.05, 0) is 91.7 Å². The Morgan fingerprint density at radius 3 is 0.707 bits per heavy atom. The van der Waals surface area contributed by atoms with Gasteiger partial charge in [-0.3, -0.25) is 0 Å². The molecule has 0 N–H and O–H groups in total. The number of ether oxygens (including phenoxy) is 4. The van der Waals surface area contributed by atoms with Crippen LogP contribution in [0, 0.1) is 27.7 Å². The van der Waals surface area contributed by atoms with E-state index in [-0.39, 0.29) is 23.7 Å². The summed E-state index contributed by atoms with van der Waals surface area (Å²) in [6.45, 7) is 14.3. The van der Waals surface area contributed by atoms with Crippen LogP contribution in [0.15, 0.2) is 243 Å². The van der Waals surface area contributed by atoms with Gasteiger partial charge in [-0.1, -0.05) is 211 Å². The van der Waals surface area contributed by atoms with E-state index in [1.54, 1.807) is 28.4 Å². The molecule has 0 amide bonds. The second kappa shape index (κ2) is 29.2.